The molecule has 17 N–H and O–H groups in total. The van der Waals surface area contributed by atoms with Crippen LogP contribution >= 0.6 is 21.6 Å². The molecule has 4 aliphatic rings. The van der Waals surface area contributed by atoms with Crippen LogP contribution in [-0.2, 0) is 69.9 Å². The Morgan fingerprint density at radius 1 is 0.752 bits per heavy atom. The van der Waals surface area contributed by atoms with Crippen LogP contribution in [0.25, 0.3) is 35.0 Å². The van der Waals surface area contributed by atoms with E-state index in [0.717, 1.165) is 33.7 Å². The number of anilines is 2. The molecule has 4 aromatic heterocycles. The standard InChI is InChI=1S/C72H91N17O20S4/c1-9-42-34(3)44-27-49-57(38(7)90)36(5)46(82-49)25-45-35(4)43(61(85-45)59-60(71(102)109-8)64(95)58-37(6)47(86-62(58)59)26-48(42)81-44)11-10-12-53(91)83-50(28-55(93)74-20-23-112(103,104)105)67(97)76-19-22-110-111-32-52(70(100)101)87-68(98)51(29-56(94)75-21-24-113(106,107)108)84-54(92)18-13-33(2)79-66(96)39-14-16-40(17-15-39)77-30-41-31-78-65-63(80-41)69(99)89-72(73)88-65/h14-17,25-27,31,33-35,42-44,50-52,60,77,81-82,86H,9-13,18-24,28-30,32H2,1-8H3,(H,74,93)(H,75,94)(H,76,97)(H,79,96)(H,83,91)(H,84,92)(H,87,98)(H,100,101)(H,103,104,105)(H,106,107,108)(H3,73,78,88,89,99)/b46-25-,48-26-,49-27-,61-59-/t33-,34-,35+,42-,43+,44?,50+,51+,52+,60?/m1/s1. The summed E-state index contributed by atoms with van der Waals surface area (Å²) in [5.41, 5.74) is 11.7. The first-order valence-electron chi connectivity index (χ1n) is 36.2. The molecule has 2 unspecified atom stereocenters. The van der Waals surface area contributed by atoms with E-state index in [9.17, 15) is 88.6 Å². The Morgan fingerprint density at radius 2 is 1.41 bits per heavy atom. The Balaban J connectivity index is 0.813. The lowest BCUT2D eigenvalue weighted by Crippen LogP contribution is -2.53. The van der Waals surface area contributed by atoms with Gasteiger partial charge in [-0.2, -0.15) is 21.8 Å². The molecule has 37 nitrogen and oxygen atoms in total. The third kappa shape index (κ3) is 22.4. The predicted molar refractivity (Wildman–Crippen MR) is 420 cm³/mol. The summed E-state index contributed by atoms with van der Waals surface area (Å²) in [5, 5.41) is 35.4. The number of aromatic nitrogens is 6. The second-order valence-corrected chi connectivity index (χ2v) is 33.6. The van der Waals surface area contributed by atoms with E-state index < -0.39 is 164 Å². The lowest BCUT2D eigenvalue weighted by atomic mass is 9.83. The maximum absolute atomic E-state index is 14.7. The number of nitrogens with one attached hydrogen (secondary N) is 12. The minimum absolute atomic E-state index is 0.00137. The quantitative estimate of drug-likeness (QED) is 0.00647. The zero-order valence-electron chi connectivity index (χ0n) is 63.0. The van der Waals surface area contributed by atoms with Crippen molar-refractivity contribution in [1.29, 1.82) is 0 Å². The number of aliphatic imine (C=N–C) groups is 1. The summed E-state index contributed by atoms with van der Waals surface area (Å²) in [6, 6.07) is 0.505. The highest BCUT2D eigenvalue weighted by molar-refractivity contribution is 8.76. The molecule has 1 saturated heterocycles. The van der Waals surface area contributed by atoms with Gasteiger partial charge in [-0.3, -0.25) is 71.8 Å². The molecule has 1 aromatic carbocycles. The van der Waals surface area contributed by atoms with E-state index >= 15 is 0 Å². The number of hydrogen-bond acceptors (Lipinski definition) is 26. The van der Waals surface area contributed by atoms with Crippen molar-refractivity contribution in [3.05, 3.63) is 108 Å². The molecule has 0 spiro atoms. The number of Topliss-reactive ketones (excluding diaryl/α,β-unsaturated/α-hetero) is 2. The van der Waals surface area contributed by atoms with E-state index in [1.165, 1.54) is 32.4 Å². The van der Waals surface area contributed by atoms with E-state index in [4.69, 9.17) is 15.5 Å². The molecule has 5 aromatic rings. The molecule has 1 fully saturated rings. The van der Waals surface area contributed by atoms with E-state index in [-0.39, 0.29) is 103 Å². The predicted octanol–water partition coefficient (Wildman–Crippen LogP) is 0.630. The Hall–Kier alpha value is -10.6. The average molecular weight is 1640 g/mol. The Morgan fingerprint density at radius 3 is 2.04 bits per heavy atom. The highest BCUT2D eigenvalue weighted by atomic mass is 33.1. The molecule has 7 heterocycles. The van der Waals surface area contributed by atoms with Gasteiger partial charge in [-0.25, -0.2) is 14.8 Å². The molecule has 3 aliphatic heterocycles. The van der Waals surface area contributed by atoms with Crippen molar-refractivity contribution >= 4 is 159 Å². The summed E-state index contributed by atoms with van der Waals surface area (Å²) in [6.45, 7) is 11.8. The van der Waals surface area contributed by atoms with Gasteiger partial charge in [0.2, 0.25) is 41.4 Å². The molecule has 8 bridgehead atoms. The number of carboxylic acids is 1. The molecule has 113 heavy (non-hydrogen) atoms. The van der Waals surface area contributed by atoms with Gasteiger partial charge in [0.1, 0.15) is 24.0 Å². The lowest BCUT2D eigenvalue weighted by Gasteiger charge is -2.22. The largest absolute Gasteiger partial charge is 0.480 e. The minimum atomic E-state index is -4.53. The number of nitrogens with zero attached hydrogens (tertiary/aromatic N) is 4. The number of allylic oxidation sites excluding steroid dienone is 2. The van der Waals surface area contributed by atoms with Gasteiger partial charge in [0.15, 0.2) is 22.7 Å². The molecular weight excluding hydrogens is 1550 g/mol. The number of fused-ring (bicyclic) bond motifs is 7. The number of hydrogen-bond donors (Lipinski definition) is 16. The van der Waals surface area contributed by atoms with E-state index in [1.807, 2.05) is 32.1 Å². The molecule has 7 amide bonds. The van der Waals surface area contributed by atoms with Crippen LogP contribution < -0.4 is 69.8 Å². The first-order valence-corrected chi connectivity index (χ1v) is 42.0. The minimum Gasteiger partial charge on any atom is -0.480 e. The van der Waals surface area contributed by atoms with Gasteiger partial charge in [0.25, 0.3) is 31.7 Å². The second kappa shape index (κ2) is 37.8. The zero-order valence-corrected chi connectivity index (χ0v) is 66.3. The topological polar surface area (TPSA) is 576 Å². The number of amides is 7. The number of H-pyrrole nitrogens is 3. The van der Waals surface area contributed by atoms with Crippen LogP contribution in [0.2, 0.25) is 0 Å². The van der Waals surface area contributed by atoms with Crippen LogP contribution in [0.15, 0.2) is 51.6 Å². The number of nitrogens with two attached hydrogens (primary N) is 1. The fraction of sp³-hybridized carbons (Fsp3) is 0.472. The summed E-state index contributed by atoms with van der Waals surface area (Å²) in [5.74, 6) is -13.2. The second-order valence-electron chi connectivity index (χ2n) is 27.9. The van der Waals surface area contributed by atoms with Gasteiger partial charge in [0, 0.05) is 130 Å². The Bertz CT molecular complexity index is 5120. The highest BCUT2D eigenvalue weighted by Crippen LogP contribution is 2.49. The van der Waals surface area contributed by atoms with Crippen molar-refractivity contribution in [1.82, 2.24) is 72.4 Å². The number of esters is 1. The van der Waals surface area contributed by atoms with Crippen molar-refractivity contribution in [3.8, 4) is 0 Å². The van der Waals surface area contributed by atoms with Crippen molar-refractivity contribution in [2.45, 2.75) is 137 Å². The number of ether oxygens (including phenoxy) is 1. The Labute approximate surface area is 656 Å². The molecule has 9 rings (SSSR count). The maximum atomic E-state index is 14.7. The van der Waals surface area contributed by atoms with Gasteiger partial charge < -0.3 is 73.4 Å². The van der Waals surface area contributed by atoms with E-state index in [2.05, 4.69) is 91.6 Å². The Kier molecular flexibility index (Phi) is 28.9. The van der Waals surface area contributed by atoms with Crippen LogP contribution in [-0.4, -0.2) is 211 Å². The summed E-state index contributed by atoms with van der Waals surface area (Å²) in [4.78, 5) is 188. The van der Waals surface area contributed by atoms with Crippen LogP contribution in [0.1, 0.15) is 145 Å². The molecule has 1 aliphatic carbocycles. The van der Waals surface area contributed by atoms with Crippen molar-refractivity contribution in [2.24, 2.45) is 34.6 Å². The number of carboxylic acid groups (broad SMARTS) is 1. The summed E-state index contributed by atoms with van der Waals surface area (Å²) in [7, 11) is -5.92. The van der Waals surface area contributed by atoms with Crippen LogP contribution in [0.5, 0.6) is 0 Å². The SMILES string of the molecule is CC[C@H]1/C2=C/c3[nH]c4c(c3C)C(=O)C(C(=O)OC)/C4=C3N=C(/C=c4\[nH]/c(c(C(C)=O)c4C)=C\C(N2)[C@@H]1C)[C@@H](C)[C@@H]/3CCCC(=O)N[C@@H](CC(=O)NCCS(=O)(=O)O)C(=O)NCCSSC[C@H](NC(=O)[C@H](CC(=O)NCCS(=O)(=O)O)NC(=O)CC[C@@H](C)NC(=O)c1ccc(NCc2cnc3nc(N)[nH]c(=O)c3n2)cc1)C(=O)O. The summed E-state index contributed by atoms with van der Waals surface area (Å²) >= 11 is 0. The number of aliphatic carboxylic acids is 1. The maximum Gasteiger partial charge on any atom is 0.327 e. The lowest BCUT2D eigenvalue weighted by molar-refractivity contribution is -0.142. The van der Waals surface area contributed by atoms with Gasteiger partial charge in [-0.05, 0) is 113 Å². The van der Waals surface area contributed by atoms with Gasteiger partial charge in [-0.15, -0.1) is 0 Å². The monoisotopic (exact) mass is 1640 g/mol. The smallest absolute Gasteiger partial charge is 0.327 e. The van der Waals surface area contributed by atoms with Crippen molar-refractivity contribution in [3.63, 3.8) is 0 Å². The molecular formula is C72H91N17O20S4. The summed E-state index contributed by atoms with van der Waals surface area (Å²) in [6.07, 6.45) is 6.30. The fourth-order valence-electron chi connectivity index (χ4n) is 13.9. The van der Waals surface area contributed by atoms with Gasteiger partial charge >= 0.3 is 11.9 Å². The third-order valence-corrected chi connectivity index (χ3v) is 23.6. The molecule has 0 radical (unpaired) electrons. The van der Waals surface area contributed by atoms with Crippen LogP contribution in [0.4, 0.5) is 11.6 Å². The third-order valence-electron chi connectivity index (χ3n) is 19.8. The van der Waals surface area contributed by atoms with Crippen LogP contribution in [0, 0.1) is 43.4 Å². The molecule has 608 valence electrons. The first kappa shape index (κ1) is 86.4. The van der Waals surface area contributed by atoms with Crippen LogP contribution in [0.3, 0.4) is 0 Å². The number of benzene rings is 1. The number of aromatic amines is 3. The van der Waals surface area contributed by atoms with Gasteiger partial charge in [-0.1, -0.05) is 42.4 Å². The number of nitrogen functional groups attached to an aromatic ring is 1. The first-order chi connectivity index (χ1) is 53.4. The van der Waals surface area contributed by atoms with Gasteiger partial charge in [0.05, 0.1) is 61.3 Å². The number of ketones is 2. The van der Waals surface area contributed by atoms with Crippen molar-refractivity contribution in [2.75, 3.05) is 60.8 Å². The number of carbonyl (C=O) groups is 11. The normalized spacial score (nSPS) is 20.4. The highest BCUT2D eigenvalue weighted by Gasteiger charge is 2.49. The molecule has 0 saturated carbocycles. The van der Waals surface area contributed by atoms with Crippen molar-refractivity contribution < 1.29 is 88.5 Å². The molecule has 41 heteroatoms. The number of rotatable bonds is 37. The number of carbonyl (C=O) groups excluding carboxylic acids is 10. The zero-order chi connectivity index (χ0) is 82.5. The average Bonchev–Trinajstić information content (AvgIpc) is 1.56. The number of methoxy groups -OCH3 is 1. The van der Waals surface area contributed by atoms with E-state index in [0.29, 0.717) is 72.7 Å². The summed E-state index contributed by atoms with van der Waals surface area (Å²) < 4.78 is 69.4. The van der Waals surface area contributed by atoms with E-state index in [1.54, 1.807) is 26.0 Å². The molecule has 10 atom stereocenters. The fourth-order valence-corrected chi connectivity index (χ4v) is 16.7.